The minimum atomic E-state index is -3.81. The zero-order chi connectivity index (χ0) is 20.0. The van der Waals surface area contributed by atoms with Gasteiger partial charge >= 0.3 is 5.97 Å². The first-order chi connectivity index (χ1) is 12.7. The van der Waals surface area contributed by atoms with E-state index in [1.54, 1.807) is 24.3 Å². The first-order valence-electron chi connectivity index (χ1n) is 7.74. The number of halogens is 1. The summed E-state index contributed by atoms with van der Waals surface area (Å²) in [5.74, 6) is -1.49. The van der Waals surface area contributed by atoms with Crippen molar-refractivity contribution in [2.75, 3.05) is 4.72 Å². The first kappa shape index (κ1) is 20.5. The molecular formula is C18H17ClN2O5S. The normalized spacial score (nSPS) is 12.5. The molecule has 0 heterocycles. The third-order valence-corrected chi connectivity index (χ3v) is 5.13. The molecule has 0 bridgehead atoms. The molecule has 0 saturated carbocycles. The van der Waals surface area contributed by atoms with Gasteiger partial charge in [-0.15, -0.1) is 0 Å². The standard InChI is InChI=1S/C18H17ClN2O5S/c1-12(18(20)23)26-17(22)11-8-13-6-9-14(10-7-13)27(24,25)21-16-5-3-2-4-15(16)19/h2-12,21H,1H3,(H2,20,23)/b11-8+/t12-/m0/s1. The molecule has 27 heavy (non-hydrogen) atoms. The number of hydrogen-bond acceptors (Lipinski definition) is 5. The number of rotatable bonds is 7. The van der Waals surface area contributed by atoms with Crippen LogP contribution in [-0.4, -0.2) is 26.4 Å². The Labute approximate surface area is 161 Å². The summed E-state index contributed by atoms with van der Waals surface area (Å²) in [6.45, 7) is 1.36. The van der Waals surface area contributed by atoms with E-state index in [9.17, 15) is 18.0 Å². The molecule has 0 aliphatic carbocycles. The molecule has 2 rings (SSSR count). The van der Waals surface area contributed by atoms with E-state index < -0.39 is 28.0 Å². The van der Waals surface area contributed by atoms with Gasteiger partial charge in [0.05, 0.1) is 15.6 Å². The molecule has 0 aliphatic heterocycles. The Kier molecular flexibility index (Phi) is 6.59. The van der Waals surface area contributed by atoms with Crippen molar-refractivity contribution < 1.29 is 22.7 Å². The van der Waals surface area contributed by atoms with Crippen LogP contribution in [0.3, 0.4) is 0 Å². The number of primary amides is 1. The molecule has 0 spiro atoms. The second-order valence-electron chi connectivity index (χ2n) is 5.47. The highest BCUT2D eigenvalue weighted by Gasteiger charge is 2.15. The number of carbonyl (C=O) groups is 2. The topological polar surface area (TPSA) is 116 Å². The van der Waals surface area contributed by atoms with Gasteiger partial charge in [0.15, 0.2) is 6.10 Å². The van der Waals surface area contributed by atoms with E-state index in [2.05, 4.69) is 4.72 Å². The molecule has 3 N–H and O–H groups in total. The summed E-state index contributed by atoms with van der Waals surface area (Å²) >= 11 is 5.96. The lowest BCUT2D eigenvalue weighted by Gasteiger charge is -2.09. The van der Waals surface area contributed by atoms with Gasteiger partial charge in [0, 0.05) is 6.08 Å². The van der Waals surface area contributed by atoms with Crippen LogP contribution >= 0.6 is 11.6 Å². The van der Waals surface area contributed by atoms with Crippen molar-refractivity contribution in [2.45, 2.75) is 17.9 Å². The number of para-hydroxylation sites is 1. The average Bonchev–Trinajstić information content (AvgIpc) is 2.62. The van der Waals surface area contributed by atoms with E-state index in [0.29, 0.717) is 5.56 Å². The molecule has 1 amide bonds. The van der Waals surface area contributed by atoms with Crippen LogP contribution in [0.1, 0.15) is 12.5 Å². The number of esters is 1. The van der Waals surface area contributed by atoms with Crippen molar-refractivity contribution in [2.24, 2.45) is 5.73 Å². The van der Waals surface area contributed by atoms with Gasteiger partial charge in [-0.25, -0.2) is 13.2 Å². The van der Waals surface area contributed by atoms with Crippen LogP contribution in [0.15, 0.2) is 59.5 Å². The minimum Gasteiger partial charge on any atom is -0.449 e. The summed E-state index contributed by atoms with van der Waals surface area (Å²) < 4.78 is 32.0. The van der Waals surface area contributed by atoms with Crippen LogP contribution in [0.2, 0.25) is 5.02 Å². The number of sulfonamides is 1. The molecule has 0 saturated heterocycles. The van der Waals surface area contributed by atoms with Gasteiger partial charge in [-0.2, -0.15) is 0 Å². The molecular weight excluding hydrogens is 392 g/mol. The number of hydrogen-bond donors (Lipinski definition) is 2. The molecule has 7 nitrogen and oxygen atoms in total. The maximum Gasteiger partial charge on any atom is 0.331 e. The fourth-order valence-electron chi connectivity index (χ4n) is 1.94. The van der Waals surface area contributed by atoms with Crippen molar-refractivity contribution in [3.8, 4) is 0 Å². The molecule has 0 radical (unpaired) electrons. The van der Waals surface area contributed by atoms with Crippen LogP contribution in [0, 0.1) is 0 Å². The van der Waals surface area contributed by atoms with E-state index >= 15 is 0 Å². The van der Waals surface area contributed by atoms with Crippen molar-refractivity contribution in [1.82, 2.24) is 0 Å². The van der Waals surface area contributed by atoms with Gasteiger partial charge in [-0.3, -0.25) is 9.52 Å². The van der Waals surface area contributed by atoms with E-state index in [1.165, 1.54) is 37.3 Å². The molecule has 0 fully saturated rings. The molecule has 0 unspecified atom stereocenters. The lowest BCUT2D eigenvalue weighted by Crippen LogP contribution is -2.29. The fourth-order valence-corrected chi connectivity index (χ4v) is 3.26. The number of nitrogens with one attached hydrogen (secondary N) is 1. The van der Waals surface area contributed by atoms with Crippen molar-refractivity contribution in [1.29, 1.82) is 0 Å². The summed E-state index contributed by atoms with van der Waals surface area (Å²) in [4.78, 5) is 22.4. The second-order valence-corrected chi connectivity index (χ2v) is 7.56. The summed E-state index contributed by atoms with van der Waals surface area (Å²) in [5.41, 5.74) is 5.84. The van der Waals surface area contributed by atoms with Crippen LogP contribution in [0.25, 0.3) is 6.08 Å². The second kappa shape index (κ2) is 8.70. The molecule has 142 valence electrons. The maximum absolute atomic E-state index is 12.4. The molecule has 1 atom stereocenters. The Morgan fingerprint density at radius 2 is 1.78 bits per heavy atom. The monoisotopic (exact) mass is 408 g/mol. The smallest absolute Gasteiger partial charge is 0.331 e. The third kappa shape index (κ3) is 5.83. The molecule has 0 aromatic heterocycles. The Bertz CT molecular complexity index is 972. The largest absolute Gasteiger partial charge is 0.449 e. The molecule has 2 aromatic carbocycles. The number of carbonyl (C=O) groups excluding carboxylic acids is 2. The van der Waals surface area contributed by atoms with Crippen LogP contribution < -0.4 is 10.5 Å². The Balaban J connectivity index is 2.08. The average molecular weight is 409 g/mol. The number of benzene rings is 2. The molecule has 0 aliphatic rings. The first-order valence-corrected chi connectivity index (χ1v) is 9.60. The van der Waals surface area contributed by atoms with Gasteiger partial charge in [0.1, 0.15) is 0 Å². The summed E-state index contributed by atoms with van der Waals surface area (Å²) in [6, 6.07) is 12.3. The predicted molar refractivity (Wildman–Crippen MR) is 102 cm³/mol. The number of ether oxygens (including phenoxy) is 1. The third-order valence-electron chi connectivity index (χ3n) is 3.41. The van der Waals surface area contributed by atoms with Gasteiger partial charge in [-0.05, 0) is 42.8 Å². The van der Waals surface area contributed by atoms with E-state index in [4.69, 9.17) is 22.1 Å². The zero-order valence-electron chi connectivity index (χ0n) is 14.3. The maximum atomic E-state index is 12.4. The number of anilines is 1. The van der Waals surface area contributed by atoms with E-state index in [1.807, 2.05) is 0 Å². The van der Waals surface area contributed by atoms with Crippen LogP contribution in [0.5, 0.6) is 0 Å². The highest BCUT2D eigenvalue weighted by molar-refractivity contribution is 7.92. The van der Waals surface area contributed by atoms with Crippen molar-refractivity contribution in [3.05, 3.63) is 65.2 Å². The highest BCUT2D eigenvalue weighted by Crippen LogP contribution is 2.24. The van der Waals surface area contributed by atoms with Gasteiger partial charge < -0.3 is 10.5 Å². The highest BCUT2D eigenvalue weighted by atomic mass is 35.5. The zero-order valence-corrected chi connectivity index (χ0v) is 15.8. The number of amides is 1. The lowest BCUT2D eigenvalue weighted by atomic mass is 10.2. The van der Waals surface area contributed by atoms with Gasteiger partial charge in [0.25, 0.3) is 15.9 Å². The minimum absolute atomic E-state index is 0.0319. The van der Waals surface area contributed by atoms with E-state index in [0.717, 1.165) is 6.08 Å². The van der Waals surface area contributed by atoms with Gasteiger partial charge in [-0.1, -0.05) is 35.9 Å². The summed E-state index contributed by atoms with van der Waals surface area (Å²) in [6.07, 6.45) is 1.50. The van der Waals surface area contributed by atoms with Crippen molar-refractivity contribution >= 4 is 45.3 Å². The number of nitrogens with two attached hydrogens (primary N) is 1. The van der Waals surface area contributed by atoms with E-state index in [-0.39, 0.29) is 15.6 Å². The molecule has 9 heteroatoms. The van der Waals surface area contributed by atoms with Crippen LogP contribution in [-0.2, 0) is 24.3 Å². The predicted octanol–water partition coefficient (Wildman–Crippen LogP) is 2.57. The Morgan fingerprint density at radius 3 is 2.37 bits per heavy atom. The quantitative estimate of drug-likeness (QED) is 0.539. The summed E-state index contributed by atoms with van der Waals surface area (Å²) in [7, 11) is -3.81. The van der Waals surface area contributed by atoms with Gasteiger partial charge in [0.2, 0.25) is 0 Å². The SMILES string of the molecule is C[C@H](OC(=O)/C=C/c1ccc(S(=O)(=O)Nc2ccccc2Cl)cc1)C(N)=O. The summed E-state index contributed by atoms with van der Waals surface area (Å²) in [5, 5.41) is 0.282. The van der Waals surface area contributed by atoms with Crippen LogP contribution in [0.4, 0.5) is 5.69 Å². The Hall–Kier alpha value is -2.84. The molecule has 2 aromatic rings. The van der Waals surface area contributed by atoms with Crippen molar-refractivity contribution in [3.63, 3.8) is 0 Å². The fraction of sp³-hybridized carbons (Fsp3) is 0.111. The Morgan fingerprint density at radius 1 is 1.15 bits per heavy atom. The lowest BCUT2D eigenvalue weighted by molar-refractivity contribution is -0.148.